The van der Waals surface area contributed by atoms with E-state index in [2.05, 4.69) is 20.3 Å². The summed E-state index contributed by atoms with van der Waals surface area (Å²) >= 11 is 1.20. The van der Waals surface area contributed by atoms with E-state index >= 15 is 0 Å². The maximum atomic E-state index is 13.8. The number of pyridine rings is 1. The Morgan fingerprint density at radius 1 is 1.03 bits per heavy atom. The van der Waals surface area contributed by atoms with Gasteiger partial charge in [0.1, 0.15) is 17.6 Å². The average molecular weight is 546 g/mol. The highest BCUT2D eigenvalue weighted by molar-refractivity contribution is 7.99. The Morgan fingerprint density at radius 2 is 1.72 bits per heavy atom. The Bertz CT molecular complexity index is 1400. The van der Waals surface area contributed by atoms with Crippen LogP contribution in [0.25, 0.3) is 0 Å². The maximum absolute atomic E-state index is 13.8. The Kier molecular flexibility index (Phi) is 9.22. The molecule has 10 heteroatoms. The van der Waals surface area contributed by atoms with Crippen molar-refractivity contribution in [3.05, 3.63) is 107 Å². The van der Waals surface area contributed by atoms with E-state index in [1.165, 1.54) is 40.9 Å². The van der Waals surface area contributed by atoms with Gasteiger partial charge in [-0.1, -0.05) is 30.0 Å². The third-order valence-corrected chi connectivity index (χ3v) is 6.62. The summed E-state index contributed by atoms with van der Waals surface area (Å²) in [5.74, 6) is -0.568. The minimum Gasteiger partial charge on any atom is -0.497 e. The molecule has 1 atom stereocenters. The normalized spacial score (nSPS) is 11.5. The molecule has 2 aromatic carbocycles. The molecule has 2 heterocycles. The van der Waals surface area contributed by atoms with E-state index < -0.39 is 17.8 Å². The molecular formula is C29H28FN5O3S. The molecule has 1 unspecified atom stereocenters. The Labute approximate surface area is 230 Å². The van der Waals surface area contributed by atoms with Gasteiger partial charge in [-0.25, -0.2) is 14.4 Å². The maximum Gasteiger partial charge on any atom is 0.251 e. The molecule has 0 spiro atoms. The number of amides is 2. The van der Waals surface area contributed by atoms with Crippen molar-refractivity contribution in [1.82, 2.24) is 19.9 Å². The van der Waals surface area contributed by atoms with Crippen molar-refractivity contribution in [3.8, 4) is 5.75 Å². The lowest BCUT2D eigenvalue weighted by atomic mass is 10.0. The van der Waals surface area contributed by atoms with Gasteiger partial charge in [-0.2, -0.15) is 0 Å². The number of methoxy groups -OCH3 is 1. The topological polar surface area (TPSA) is 97.3 Å². The average Bonchev–Trinajstić information content (AvgIpc) is 2.93. The summed E-state index contributed by atoms with van der Waals surface area (Å²) in [5, 5.41) is 3.36. The zero-order valence-corrected chi connectivity index (χ0v) is 22.6. The van der Waals surface area contributed by atoms with Crippen molar-refractivity contribution in [2.75, 3.05) is 18.2 Å². The van der Waals surface area contributed by atoms with Crippen molar-refractivity contribution in [2.45, 2.75) is 31.6 Å². The van der Waals surface area contributed by atoms with E-state index in [4.69, 9.17) is 4.74 Å². The number of ether oxygens (including phenoxy) is 1. The number of rotatable bonds is 10. The van der Waals surface area contributed by atoms with Crippen LogP contribution in [0.15, 0.2) is 84.3 Å². The number of nitrogens with zero attached hydrogens (tertiary/aromatic N) is 4. The van der Waals surface area contributed by atoms with Gasteiger partial charge in [-0.15, -0.1) is 0 Å². The third kappa shape index (κ3) is 7.61. The zero-order chi connectivity index (χ0) is 27.8. The van der Waals surface area contributed by atoms with Gasteiger partial charge in [0.15, 0.2) is 5.16 Å². The summed E-state index contributed by atoms with van der Waals surface area (Å²) in [6, 6.07) is 16.8. The highest BCUT2D eigenvalue weighted by Crippen LogP contribution is 2.28. The lowest BCUT2D eigenvalue weighted by Crippen LogP contribution is -2.41. The second-order valence-corrected chi connectivity index (χ2v) is 9.72. The van der Waals surface area contributed by atoms with Gasteiger partial charge in [0, 0.05) is 36.0 Å². The minimum absolute atomic E-state index is 0.00331. The van der Waals surface area contributed by atoms with Crippen LogP contribution in [0.4, 0.5) is 10.1 Å². The van der Waals surface area contributed by atoms with E-state index in [9.17, 15) is 14.0 Å². The first kappa shape index (κ1) is 27.7. The Hall–Kier alpha value is -4.31. The van der Waals surface area contributed by atoms with Gasteiger partial charge in [0.2, 0.25) is 5.91 Å². The Morgan fingerprint density at radius 3 is 2.33 bits per heavy atom. The molecule has 200 valence electrons. The van der Waals surface area contributed by atoms with Crippen molar-refractivity contribution in [2.24, 2.45) is 0 Å². The number of hydrogen-bond donors (Lipinski definition) is 1. The van der Waals surface area contributed by atoms with Crippen LogP contribution < -0.4 is 10.1 Å². The van der Waals surface area contributed by atoms with Gasteiger partial charge in [-0.05, 0) is 73.5 Å². The molecule has 0 aliphatic heterocycles. The molecule has 0 aliphatic rings. The SMILES string of the molecule is COc1ccc(NC(=O)C(c2ccc(F)cc2)N(Cc2cccnc2)C(=O)CSc2nc(C)cc(C)n2)cc1. The second kappa shape index (κ2) is 13.0. The van der Waals surface area contributed by atoms with Crippen LogP contribution in [0.3, 0.4) is 0 Å². The van der Waals surface area contributed by atoms with Crippen molar-refractivity contribution in [3.63, 3.8) is 0 Å². The number of hydrogen-bond acceptors (Lipinski definition) is 7. The van der Waals surface area contributed by atoms with Crippen LogP contribution in [-0.2, 0) is 16.1 Å². The van der Waals surface area contributed by atoms with Crippen molar-refractivity contribution < 1.29 is 18.7 Å². The van der Waals surface area contributed by atoms with Crippen molar-refractivity contribution in [1.29, 1.82) is 0 Å². The number of halogens is 1. The summed E-state index contributed by atoms with van der Waals surface area (Å²) in [6.07, 6.45) is 3.28. The molecule has 39 heavy (non-hydrogen) atoms. The lowest BCUT2D eigenvalue weighted by molar-refractivity contribution is -0.137. The molecule has 2 aromatic heterocycles. The summed E-state index contributed by atoms with van der Waals surface area (Å²) in [7, 11) is 1.56. The lowest BCUT2D eigenvalue weighted by Gasteiger charge is -2.31. The molecule has 4 aromatic rings. The van der Waals surface area contributed by atoms with Gasteiger partial charge in [0.05, 0.1) is 12.9 Å². The fraction of sp³-hybridized carbons (Fsp3) is 0.207. The van der Waals surface area contributed by atoms with Crippen LogP contribution in [0, 0.1) is 19.7 Å². The highest BCUT2D eigenvalue weighted by Gasteiger charge is 2.32. The molecule has 0 saturated carbocycles. The molecule has 0 aliphatic carbocycles. The predicted octanol–water partition coefficient (Wildman–Crippen LogP) is 5.14. The monoisotopic (exact) mass is 545 g/mol. The highest BCUT2D eigenvalue weighted by atomic mass is 32.2. The summed E-state index contributed by atoms with van der Waals surface area (Å²) < 4.78 is 19.0. The Balaban J connectivity index is 1.67. The van der Waals surface area contributed by atoms with Crippen LogP contribution in [0.1, 0.15) is 28.6 Å². The summed E-state index contributed by atoms with van der Waals surface area (Å²) in [5.41, 5.74) is 3.33. The van der Waals surface area contributed by atoms with Gasteiger partial charge in [0.25, 0.3) is 5.91 Å². The zero-order valence-electron chi connectivity index (χ0n) is 21.8. The van der Waals surface area contributed by atoms with Crippen LogP contribution >= 0.6 is 11.8 Å². The number of aromatic nitrogens is 3. The quantitative estimate of drug-likeness (QED) is 0.218. The summed E-state index contributed by atoms with van der Waals surface area (Å²) in [4.78, 5) is 42.0. The standard InChI is InChI=1S/C29H28FN5O3S/c1-19-15-20(2)33-29(32-19)39-18-26(36)35(17-21-5-4-14-31-16-21)27(22-6-8-23(30)9-7-22)28(37)34-24-10-12-25(38-3)13-11-24/h4-16,27H,17-18H2,1-3H3,(H,34,37). The van der Waals surface area contributed by atoms with E-state index in [-0.39, 0.29) is 18.2 Å². The number of carbonyl (C=O) groups is 2. The molecule has 2 amide bonds. The predicted molar refractivity (Wildman–Crippen MR) is 148 cm³/mol. The van der Waals surface area contributed by atoms with Crippen LogP contribution in [0.5, 0.6) is 5.75 Å². The van der Waals surface area contributed by atoms with E-state index in [1.807, 2.05) is 26.0 Å². The first-order valence-electron chi connectivity index (χ1n) is 12.2. The first-order valence-corrected chi connectivity index (χ1v) is 13.1. The smallest absolute Gasteiger partial charge is 0.251 e. The van der Waals surface area contributed by atoms with Gasteiger partial charge in [-0.3, -0.25) is 14.6 Å². The molecule has 1 N–H and O–H groups in total. The molecule has 0 saturated heterocycles. The molecule has 0 radical (unpaired) electrons. The van der Waals surface area contributed by atoms with E-state index in [1.54, 1.807) is 49.8 Å². The first-order chi connectivity index (χ1) is 18.8. The molecular weight excluding hydrogens is 517 g/mol. The number of anilines is 1. The number of aryl methyl sites for hydroxylation is 2. The van der Waals surface area contributed by atoms with Crippen molar-refractivity contribution >= 4 is 29.3 Å². The number of benzene rings is 2. The largest absolute Gasteiger partial charge is 0.497 e. The second-order valence-electron chi connectivity index (χ2n) is 8.78. The minimum atomic E-state index is -1.05. The number of thioether (sulfide) groups is 1. The molecule has 0 bridgehead atoms. The van der Waals surface area contributed by atoms with E-state index in [0.29, 0.717) is 22.2 Å². The van der Waals surface area contributed by atoms with Gasteiger partial charge < -0.3 is 15.0 Å². The fourth-order valence-corrected chi connectivity index (χ4v) is 4.82. The number of carbonyl (C=O) groups excluding carboxylic acids is 2. The molecule has 4 rings (SSSR count). The summed E-state index contributed by atoms with van der Waals surface area (Å²) in [6.45, 7) is 3.84. The van der Waals surface area contributed by atoms with E-state index in [0.717, 1.165) is 17.0 Å². The van der Waals surface area contributed by atoms with Crippen LogP contribution in [0.2, 0.25) is 0 Å². The fourth-order valence-electron chi connectivity index (χ4n) is 3.98. The molecule has 0 fully saturated rings. The van der Waals surface area contributed by atoms with Crippen LogP contribution in [-0.4, -0.2) is 44.5 Å². The third-order valence-electron chi connectivity index (χ3n) is 5.79. The number of nitrogens with one attached hydrogen (secondary N) is 1. The molecule has 8 nitrogen and oxygen atoms in total. The van der Waals surface area contributed by atoms with Gasteiger partial charge >= 0.3 is 0 Å².